The third-order valence-corrected chi connectivity index (χ3v) is 4.38. The summed E-state index contributed by atoms with van der Waals surface area (Å²) in [7, 11) is 0. The van der Waals surface area contributed by atoms with Crippen molar-refractivity contribution in [3.63, 3.8) is 0 Å². The highest BCUT2D eigenvalue weighted by molar-refractivity contribution is 5.84. The quantitative estimate of drug-likeness (QED) is 0.893. The summed E-state index contributed by atoms with van der Waals surface area (Å²) in [5.74, 6) is -0.333. The molecule has 0 radical (unpaired) electrons. The van der Waals surface area contributed by atoms with Gasteiger partial charge in [-0.1, -0.05) is 0 Å². The molecule has 128 valence electrons. The zero-order valence-corrected chi connectivity index (χ0v) is 14.2. The van der Waals surface area contributed by atoms with Crippen LogP contribution >= 0.6 is 0 Å². The van der Waals surface area contributed by atoms with Crippen LogP contribution in [-0.2, 0) is 0 Å². The second kappa shape index (κ2) is 6.63. The van der Waals surface area contributed by atoms with Crippen LogP contribution in [0, 0.1) is 11.6 Å². The van der Waals surface area contributed by atoms with Crippen LogP contribution in [0.5, 0.6) is 0 Å². The highest BCUT2D eigenvalue weighted by atomic mass is 19.1. The van der Waals surface area contributed by atoms with Crippen LogP contribution in [0.1, 0.15) is 32.8 Å². The van der Waals surface area contributed by atoms with E-state index in [0.29, 0.717) is 18.5 Å². The van der Waals surface area contributed by atoms with Crippen molar-refractivity contribution in [1.29, 1.82) is 0 Å². The smallest absolute Gasteiger partial charge is 0.197 e. The molecule has 2 aliphatic heterocycles. The number of aliphatic imine (C=N–C) groups is 1. The maximum atomic E-state index is 14.2. The van der Waals surface area contributed by atoms with Crippen molar-refractivity contribution < 1.29 is 8.78 Å². The summed E-state index contributed by atoms with van der Waals surface area (Å²) in [5, 5.41) is 6.66. The maximum absolute atomic E-state index is 14.2. The van der Waals surface area contributed by atoms with Gasteiger partial charge < -0.3 is 15.5 Å². The van der Waals surface area contributed by atoms with Crippen LogP contribution in [0.4, 0.5) is 8.78 Å². The molecular weight excluding hydrogens is 310 g/mol. The first kappa shape index (κ1) is 16.5. The Morgan fingerprint density at radius 2 is 2.08 bits per heavy atom. The molecule has 6 heteroatoms. The summed E-state index contributed by atoms with van der Waals surface area (Å²) in [6.07, 6.45) is 2.57. The van der Waals surface area contributed by atoms with Crippen molar-refractivity contribution in [2.24, 2.45) is 4.99 Å². The van der Waals surface area contributed by atoms with Gasteiger partial charge in [0.1, 0.15) is 17.8 Å². The number of fused-ring (bicyclic) bond motifs is 1. The first-order valence-corrected chi connectivity index (χ1v) is 8.23. The molecule has 2 N–H and O–H groups in total. The van der Waals surface area contributed by atoms with Gasteiger partial charge in [-0.05, 0) is 44.1 Å². The minimum absolute atomic E-state index is 0.00816. The second-order valence-electron chi connectivity index (χ2n) is 5.93. The average Bonchev–Trinajstić information content (AvgIpc) is 2.54. The Hall–Kier alpha value is -2.37. The van der Waals surface area contributed by atoms with E-state index >= 15 is 0 Å². The minimum Gasteiger partial charge on any atom is -0.354 e. The lowest BCUT2D eigenvalue weighted by Gasteiger charge is -2.41. The molecule has 0 aliphatic carbocycles. The van der Waals surface area contributed by atoms with E-state index in [1.54, 1.807) is 0 Å². The summed E-state index contributed by atoms with van der Waals surface area (Å²) in [5.41, 5.74) is 3.46. The number of rotatable bonds is 3. The predicted octanol–water partition coefficient (Wildman–Crippen LogP) is 3.20. The largest absolute Gasteiger partial charge is 0.354 e. The zero-order chi connectivity index (χ0) is 17.3. The maximum Gasteiger partial charge on any atom is 0.197 e. The molecule has 1 unspecified atom stereocenters. The van der Waals surface area contributed by atoms with Crippen molar-refractivity contribution in [1.82, 2.24) is 15.5 Å². The Labute approximate surface area is 141 Å². The fourth-order valence-electron chi connectivity index (χ4n) is 3.19. The van der Waals surface area contributed by atoms with Gasteiger partial charge in [-0.25, -0.2) is 8.78 Å². The summed E-state index contributed by atoms with van der Waals surface area (Å²) in [6, 6.07) is 3.74. The minimum atomic E-state index is -0.560. The first-order valence-electron chi connectivity index (χ1n) is 8.23. The van der Waals surface area contributed by atoms with Gasteiger partial charge in [0.25, 0.3) is 0 Å². The molecule has 3 rings (SSSR count). The zero-order valence-electron chi connectivity index (χ0n) is 14.2. The topological polar surface area (TPSA) is 39.7 Å². The molecule has 24 heavy (non-hydrogen) atoms. The molecule has 0 spiro atoms. The van der Waals surface area contributed by atoms with Gasteiger partial charge in [0.2, 0.25) is 0 Å². The number of nitrogens with one attached hydrogen (secondary N) is 2. The lowest BCUT2D eigenvalue weighted by atomic mass is 9.91. The Morgan fingerprint density at radius 1 is 1.29 bits per heavy atom. The standard InChI is InChI=1S/C18H22F2N4/c1-4-21-18-22-11(3)15-8-12(10-24(5-2)17(15)23-18)14-7-6-13(19)9-16(14)20/h6-7,9-10,17H,4-5,8H2,1-3H3,(H2,21,22,23). The highest BCUT2D eigenvalue weighted by Gasteiger charge is 2.32. The van der Waals surface area contributed by atoms with E-state index in [1.807, 2.05) is 27.0 Å². The van der Waals surface area contributed by atoms with Crippen molar-refractivity contribution >= 4 is 11.5 Å². The van der Waals surface area contributed by atoms with Crippen molar-refractivity contribution in [3.8, 4) is 0 Å². The van der Waals surface area contributed by atoms with Gasteiger partial charge in [-0.15, -0.1) is 0 Å². The van der Waals surface area contributed by atoms with Crippen LogP contribution < -0.4 is 10.6 Å². The van der Waals surface area contributed by atoms with E-state index in [-0.39, 0.29) is 6.17 Å². The normalized spacial score (nSPS) is 22.0. The molecule has 0 bridgehead atoms. The molecule has 0 aromatic heterocycles. The molecule has 0 fully saturated rings. The Kier molecular flexibility index (Phi) is 4.55. The summed E-state index contributed by atoms with van der Waals surface area (Å²) < 4.78 is 27.4. The van der Waals surface area contributed by atoms with E-state index in [1.165, 1.54) is 12.1 Å². The number of likely N-dealkylation sites (N-methyl/N-ethyl adjacent to an activating group) is 1. The molecule has 2 heterocycles. The van der Waals surface area contributed by atoms with Crippen LogP contribution in [-0.4, -0.2) is 30.1 Å². The number of allylic oxidation sites excluding steroid dienone is 2. The SMILES string of the molecule is CCN=C1NC(C)=C2CC(c3ccc(F)cc3F)=CN(CC)C2N1. The summed E-state index contributed by atoms with van der Waals surface area (Å²) in [4.78, 5) is 6.52. The molecule has 0 amide bonds. The van der Waals surface area contributed by atoms with E-state index in [4.69, 9.17) is 0 Å². The third-order valence-electron chi connectivity index (χ3n) is 4.38. The molecule has 0 saturated heterocycles. The molecule has 2 aliphatic rings. The fraction of sp³-hybridized carbons (Fsp3) is 0.389. The van der Waals surface area contributed by atoms with Gasteiger partial charge in [-0.3, -0.25) is 4.99 Å². The lowest BCUT2D eigenvalue weighted by molar-refractivity contribution is 0.286. The van der Waals surface area contributed by atoms with Gasteiger partial charge in [0.15, 0.2) is 5.96 Å². The summed E-state index contributed by atoms with van der Waals surface area (Å²) in [6.45, 7) is 7.50. The van der Waals surface area contributed by atoms with Gasteiger partial charge >= 0.3 is 0 Å². The first-order chi connectivity index (χ1) is 11.5. The van der Waals surface area contributed by atoms with Crippen LogP contribution in [0.3, 0.4) is 0 Å². The van der Waals surface area contributed by atoms with Crippen molar-refractivity contribution in [2.75, 3.05) is 13.1 Å². The van der Waals surface area contributed by atoms with Crippen LogP contribution in [0.25, 0.3) is 5.57 Å². The van der Waals surface area contributed by atoms with Crippen LogP contribution in [0.2, 0.25) is 0 Å². The van der Waals surface area contributed by atoms with Gasteiger partial charge in [0, 0.05) is 43.0 Å². The monoisotopic (exact) mass is 332 g/mol. The number of halogens is 2. The van der Waals surface area contributed by atoms with E-state index in [2.05, 4.69) is 20.5 Å². The number of nitrogens with zero attached hydrogens (tertiary/aromatic N) is 2. The van der Waals surface area contributed by atoms with Gasteiger partial charge in [0.05, 0.1) is 0 Å². The average molecular weight is 332 g/mol. The number of hydrogen-bond acceptors (Lipinski definition) is 2. The Bertz CT molecular complexity index is 737. The highest BCUT2D eigenvalue weighted by Crippen LogP contribution is 2.34. The summed E-state index contributed by atoms with van der Waals surface area (Å²) >= 11 is 0. The molecule has 1 aromatic rings. The fourth-order valence-corrected chi connectivity index (χ4v) is 3.19. The van der Waals surface area contributed by atoms with E-state index in [9.17, 15) is 8.78 Å². The van der Waals surface area contributed by atoms with E-state index < -0.39 is 11.6 Å². The van der Waals surface area contributed by atoms with Crippen molar-refractivity contribution in [3.05, 3.63) is 52.9 Å². The van der Waals surface area contributed by atoms with Crippen LogP contribution in [0.15, 0.2) is 40.7 Å². The molecule has 4 nitrogen and oxygen atoms in total. The number of hydrogen-bond donors (Lipinski definition) is 2. The Morgan fingerprint density at radius 3 is 2.75 bits per heavy atom. The lowest BCUT2D eigenvalue weighted by Crippen LogP contribution is -2.56. The Balaban J connectivity index is 2.00. The number of benzene rings is 1. The molecular formula is C18H22F2N4. The number of guanidine groups is 1. The molecule has 1 atom stereocenters. The molecule has 0 saturated carbocycles. The van der Waals surface area contributed by atoms with Crippen molar-refractivity contribution in [2.45, 2.75) is 33.4 Å². The third kappa shape index (κ3) is 3.00. The predicted molar refractivity (Wildman–Crippen MR) is 92.1 cm³/mol. The second-order valence-corrected chi connectivity index (χ2v) is 5.93. The van der Waals surface area contributed by atoms with Gasteiger partial charge in [-0.2, -0.15) is 0 Å². The molecule has 1 aromatic carbocycles. The van der Waals surface area contributed by atoms with E-state index in [0.717, 1.165) is 35.4 Å².